The second-order valence-electron chi connectivity index (χ2n) is 8.11. The number of carbonyl (C=O) groups is 1. The molecule has 4 aliphatic rings. The molecule has 0 spiro atoms. The van der Waals surface area contributed by atoms with Crippen molar-refractivity contribution >= 4 is 5.91 Å². The number of hydroxylamine groups is 1. The van der Waals surface area contributed by atoms with Crippen LogP contribution in [0.4, 0.5) is 0 Å². The summed E-state index contributed by atoms with van der Waals surface area (Å²) >= 11 is 0. The van der Waals surface area contributed by atoms with Crippen molar-refractivity contribution in [1.82, 2.24) is 20.7 Å². The van der Waals surface area contributed by atoms with Crippen LogP contribution in [-0.2, 0) is 13.0 Å². The smallest absolute Gasteiger partial charge is 0.276 e. The lowest BCUT2D eigenvalue weighted by Gasteiger charge is -2.40. The predicted octanol–water partition coefficient (Wildman–Crippen LogP) is 1.09. The molecule has 2 unspecified atom stereocenters. The quantitative estimate of drug-likeness (QED) is 0.557. The molecule has 1 aromatic heterocycles. The summed E-state index contributed by atoms with van der Waals surface area (Å²) in [7, 11) is 0. The molecule has 0 saturated heterocycles. The molecule has 1 aromatic rings. The van der Waals surface area contributed by atoms with Gasteiger partial charge in [0.2, 0.25) is 0 Å². The zero-order valence-electron chi connectivity index (χ0n) is 13.8. The van der Waals surface area contributed by atoms with Crippen LogP contribution in [0.25, 0.3) is 0 Å². The normalized spacial score (nSPS) is 34.0. The maximum atomic E-state index is 11.5. The number of hydrogen-bond acceptors (Lipinski definition) is 5. The van der Waals surface area contributed by atoms with Crippen molar-refractivity contribution in [1.29, 1.82) is 0 Å². The second-order valence-corrected chi connectivity index (χ2v) is 8.11. The van der Waals surface area contributed by atoms with E-state index in [1.165, 1.54) is 32.2 Å². The first-order chi connectivity index (χ1) is 11.7. The average Bonchev–Trinajstić information content (AvgIpc) is 3.50. The van der Waals surface area contributed by atoms with E-state index in [1.54, 1.807) is 11.7 Å². The summed E-state index contributed by atoms with van der Waals surface area (Å²) in [6, 6.07) is 2.69. The topological polar surface area (TPSA) is 77.5 Å². The summed E-state index contributed by atoms with van der Waals surface area (Å²) in [4.78, 5) is 18.5. The molecule has 0 aromatic carbocycles. The molecule has 3 aliphatic carbocycles. The summed E-state index contributed by atoms with van der Waals surface area (Å²) in [6.07, 6.45) is 7.98. The van der Waals surface area contributed by atoms with Crippen LogP contribution in [0.1, 0.15) is 47.3 Å². The Morgan fingerprint density at radius 2 is 2.29 bits per heavy atom. The van der Waals surface area contributed by atoms with Gasteiger partial charge in [0.15, 0.2) is 0 Å². The Bertz CT molecular complexity index is 690. The standard InChI is InChI=1S/C18H24N4O2/c23-17(21-24)12-5-11-3-4-22(10-16(11)19-8-12)9-13-6-18(7-15(13)18)20-14-1-2-14/h5,8,13-15,20,24H,1-4,6-7,9-10H2,(H,21,23)/t13-,15?,18?/m1/s1. The molecule has 1 amide bonds. The lowest BCUT2D eigenvalue weighted by Crippen LogP contribution is -2.49. The van der Waals surface area contributed by atoms with E-state index < -0.39 is 5.91 Å². The van der Waals surface area contributed by atoms with Gasteiger partial charge in [0, 0.05) is 37.4 Å². The zero-order valence-corrected chi connectivity index (χ0v) is 13.8. The van der Waals surface area contributed by atoms with Gasteiger partial charge >= 0.3 is 0 Å². The van der Waals surface area contributed by atoms with E-state index in [9.17, 15) is 4.79 Å². The molecule has 3 fully saturated rings. The monoisotopic (exact) mass is 328 g/mol. The van der Waals surface area contributed by atoms with E-state index in [0.29, 0.717) is 11.1 Å². The number of carbonyl (C=O) groups excluding carboxylic acids is 1. The molecular formula is C18H24N4O2. The fourth-order valence-corrected chi connectivity index (χ4v) is 4.83. The molecule has 24 heavy (non-hydrogen) atoms. The van der Waals surface area contributed by atoms with Crippen LogP contribution in [0, 0.1) is 11.8 Å². The van der Waals surface area contributed by atoms with E-state index >= 15 is 0 Å². The van der Waals surface area contributed by atoms with Crippen LogP contribution in [0.15, 0.2) is 12.3 Å². The van der Waals surface area contributed by atoms with Crippen molar-refractivity contribution in [2.45, 2.75) is 50.2 Å². The van der Waals surface area contributed by atoms with Crippen LogP contribution < -0.4 is 10.8 Å². The minimum Gasteiger partial charge on any atom is -0.308 e. The molecule has 5 rings (SSSR count). The van der Waals surface area contributed by atoms with E-state index in [4.69, 9.17) is 5.21 Å². The molecular weight excluding hydrogens is 304 g/mol. The number of nitrogens with one attached hydrogen (secondary N) is 2. The van der Waals surface area contributed by atoms with E-state index in [1.807, 2.05) is 6.07 Å². The molecule has 6 nitrogen and oxygen atoms in total. The highest BCUT2D eigenvalue weighted by Crippen LogP contribution is 2.64. The van der Waals surface area contributed by atoms with Crippen LogP contribution in [0.3, 0.4) is 0 Å². The third-order valence-corrected chi connectivity index (χ3v) is 6.39. The van der Waals surface area contributed by atoms with Gasteiger partial charge in [-0.25, -0.2) is 5.48 Å². The highest BCUT2D eigenvalue weighted by Gasteiger charge is 2.67. The van der Waals surface area contributed by atoms with Crippen LogP contribution in [-0.4, -0.2) is 45.7 Å². The summed E-state index contributed by atoms with van der Waals surface area (Å²) in [5.41, 5.74) is 4.85. The van der Waals surface area contributed by atoms with E-state index in [0.717, 1.165) is 48.6 Å². The highest BCUT2D eigenvalue weighted by atomic mass is 16.5. The van der Waals surface area contributed by atoms with Crippen LogP contribution >= 0.6 is 0 Å². The van der Waals surface area contributed by atoms with Crippen LogP contribution in [0.5, 0.6) is 0 Å². The average molecular weight is 328 g/mol. The lowest BCUT2D eigenvalue weighted by atomic mass is 9.79. The number of pyridine rings is 1. The maximum Gasteiger partial charge on any atom is 0.276 e. The van der Waals surface area contributed by atoms with Crippen LogP contribution in [0.2, 0.25) is 0 Å². The van der Waals surface area contributed by atoms with Gasteiger partial charge < -0.3 is 5.32 Å². The molecule has 3 saturated carbocycles. The molecule has 0 radical (unpaired) electrons. The largest absolute Gasteiger partial charge is 0.308 e. The number of hydrogen-bond donors (Lipinski definition) is 3. The number of aromatic nitrogens is 1. The Labute approximate surface area is 141 Å². The molecule has 128 valence electrons. The third-order valence-electron chi connectivity index (χ3n) is 6.39. The van der Waals surface area contributed by atoms with Gasteiger partial charge in [0.1, 0.15) is 0 Å². The summed E-state index contributed by atoms with van der Waals surface area (Å²) in [5.74, 6) is 1.26. The molecule has 3 N–H and O–H groups in total. The minimum atomic E-state index is -0.490. The van der Waals surface area contributed by atoms with E-state index in [-0.39, 0.29) is 0 Å². The Morgan fingerprint density at radius 3 is 3.04 bits per heavy atom. The Morgan fingerprint density at radius 1 is 1.42 bits per heavy atom. The van der Waals surface area contributed by atoms with Crippen molar-refractivity contribution in [3.63, 3.8) is 0 Å². The van der Waals surface area contributed by atoms with Crippen molar-refractivity contribution in [3.8, 4) is 0 Å². The molecule has 1 aliphatic heterocycles. The summed E-state index contributed by atoms with van der Waals surface area (Å²) in [6.45, 7) is 3.09. The van der Waals surface area contributed by atoms with Gasteiger partial charge in [-0.15, -0.1) is 0 Å². The zero-order chi connectivity index (χ0) is 16.3. The van der Waals surface area contributed by atoms with Gasteiger partial charge in [-0.2, -0.15) is 0 Å². The minimum absolute atomic E-state index is 0.428. The van der Waals surface area contributed by atoms with Gasteiger partial charge in [0.25, 0.3) is 5.91 Å². The first kappa shape index (κ1) is 14.8. The van der Waals surface area contributed by atoms with Crippen molar-refractivity contribution in [2.24, 2.45) is 11.8 Å². The van der Waals surface area contributed by atoms with Gasteiger partial charge in [-0.1, -0.05) is 0 Å². The first-order valence-electron chi connectivity index (χ1n) is 9.09. The Kier molecular flexibility index (Phi) is 3.24. The number of amides is 1. The molecule has 0 bridgehead atoms. The SMILES string of the molecule is O=C(NO)c1cnc2c(c1)CCN(C[C@H]1CC3(NC4CC4)CC13)C2. The molecule has 6 heteroatoms. The van der Waals surface area contributed by atoms with Gasteiger partial charge in [-0.3, -0.25) is 19.9 Å². The summed E-state index contributed by atoms with van der Waals surface area (Å²) in [5, 5.41) is 12.6. The summed E-state index contributed by atoms with van der Waals surface area (Å²) < 4.78 is 0. The number of rotatable bonds is 5. The van der Waals surface area contributed by atoms with E-state index in [2.05, 4.69) is 15.2 Å². The second kappa shape index (κ2) is 5.25. The van der Waals surface area contributed by atoms with Crippen molar-refractivity contribution in [3.05, 3.63) is 29.1 Å². The Hall–Kier alpha value is -1.50. The maximum absolute atomic E-state index is 11.5. The van der Waals surface area contributed by atoms with Gasteiger partial charge in [0.05, 0.1) is 11.3 Å². The van der Waals surface area contributed by atoms with Gasteiger partial charge in [-0.05, 0) is 55.6 Å². The Balaban J connectivity index is 1.18. The fourth-order valence-electron chi connectivity index (χ4n) is 4.83. The lowest BCUT2D eigenvalue weighted by molar-refractivity contribution is 0.0705. The first-order valence-corrected chi connectivity index (χ1v) is 9.09. The number of nitrogens with zero attached hydrogens (tertiary/aromatic N) is 2. The highest BCUT2D eigenvalue weighted by molar-refractivity contribution is 5.93. The number of fused-ring (bicyclic) bond motifs is 2. The van der Waals surface area contributed by atoms with Crippen molar-refractivity contribution < 1.29 is 10.0 Å². The predicted molar refractivity (Wildman–Crippen MR) is 87.6 cm³/mol. The third kappa shape index (κ3) is 2.44. The van der Waals surface area contributed by atoms with Crippen molar-refractivity contribution in [2.75, 3.05) is 13.1 Å². The molecule has 2 heterocycles. The molecule has 3 atom stereocenters. The fraction of sp³-hybridized carbons (Fsp3) is 0.667.